The van der Waals surface area contributed by atoms with Gasteiger partial charge in [0, 0.05) is 50.4 Å². The zero-order valence-electron chi connectivity index (χ0n) is 26.1. The summed E-state index contributed by atoms with van der Waals surface area (Å²) in [4.78, 5) is 16.4. The third-order valence-electron chi connectivity index (χ3n) is 8.88. The van der Waals surface area contributed by atoms with Crippen molar-refractivity contribution in [2.45, 2.75) is 44.2 Å². The summed E-state index contributed by atoms with van der Waals surface area (Å²) in [5.41, 5.74) is 3.31. The van der Waals surface area contributed by atoms with Crippen LogP contribution in [0, 0.1) is 0 Å². The Balaban J connectivity index is 1.15. The van der Waals surface area contributed by atoms with Gasteiger partial charge in [0.2, 0.25) is 16.0 Å². The lowest BCUT2D eigenvalue weighted by molar-refractivity contribution is 0.0846. The zero-order valence-corrected chi connectivity index (χ0v) is 30.0. The van der Waals surface area contributed by atoms with Crippen molar-refractivity contribution < 1.29 is 13.2 Å². The van der Waals surface area contributed by atoms with Crippen LogP contribution in [-0.2, 0) is 16.4 Å². The van der Waals surface area contributed by atoms with Crippen molar-refractivity contribution in [1.29, 1.82) is 0 Å². The molecule has 15 heteroatoms. The van der Waals surface area contributed by atoms with Crippen LogP contribution >= 0.6 is 39.1 Å². The minimum Gasteiger partial charge on any atom is -0.493 e. The molecule has 1 unspecified atom stereocenters. The molecule has 2 fully saturated rings. The van der Waals surface area contributed by atoms with Gasteiger partial charge in [-0.1, -0.05) is 23.2 Å². The molecule has 0 bridgehead atoms. The summed E-state index contributed by atoms with van der Waals surface area (Å²) in [7, 11) is 0.840. The number of hydrogen-bond donors (Lipinski definition) is 3. The molecule has 0 amide bonds. The van der Waals surface area contributed by atoms with Crippen LogP contribution in [0.3, 0.4) is 0 Å². The van der Waals surface area contributed by atoms with E-state index in [1.54, 1.807) is 18.3 Å². The largest absolute Gasteiger partial charge is 0.493 e. The molecule has 2 saturated heterocycles. The number of fused-ring (bicyclic) bond motifs is 1. The van der Waals surface area contributed by atoms with Gasteiger partial charge in [-0.15, -0.1) is 0 Å². The summed E-state index contributed by atoms with van der Waals surface area (Å²) < 4.78 is 33.0. The molecule has 1 aromatic heterocycles. The minimum absolute atomic E-state index is 0.282. The van der Waals surface area contributed by atoms with E-state index in [9.17, 15) is 8.42 Å². The van der Waals surface area contributed by atoms with Gasteiger partial charge in [0.1, 0.15) is 11.6 Å². The summed E-state index contributed by atoms with van der Waals surface area (Å²) in [5, 5.41) is 7.51. The molecular formula is C31H39BrCl2N8O3S. The van der Waals surface area contributed by atoms with Gasteiger partial charge in [0.05, 0.1) is 50.1 Å². The summed E-state index contributed by atoms with van der Waals surface area (Å²) in [6, 6.07) is 8.48. The monoisotopic (exact) mass is 752 g/mol. The summed E-state index contributed by atoms with van der Waals surface area (Å²) >= 11 is 17.1. The van der Waals surface area contributed by atoms with Crippen molar-refractivity contribution in [1.82, 2.24) is 19.8 Å². The maximum atomic E-state index is 12.1. The molecule has 46 heavy (non-hydrogen) atoms. The van der Waals surface area contributed by atoms with E-state index in [4.69, 9.17) is 27.9 Å². The smallest absolute Gasteiger partial charge is 0.229 e. The highest BCUT2D eigenvalue weighted by atomic mass is 79.9. The van der Waals surface area contributed by atoms with E-state index in [0.717, 1.165) is 50.0 Å². The lowest BCUT2D eigenvalue weighted by Gasteiger charge is -2.44. The van der Waals surface area contributed by atoms with Crippen molar-refractivity contribution in [3.05, 3.63) is 50.5 Å². The number of nitrogens with one attached hydrogen (secondary N) is 3. The van der Waals surface area contributed by atoms with Gasteiger partial charge in [-0.3, -0.25) is 9.62 Å². The molecule has 3 aliphatic heterocycles. The predicted molar refractivity (Wildman–Crippen MR) is 190 cm³/mol. The molecule has 2 aromatic carbocycles. The van der Waals surface area contributed by atoms with Crippen LogP contribution in [-0.4, -0.2) is 93.4 Å². The van der Waals surface area contributed by atoms with Crippen LogP contribution in [0.5, 0.6) is 5.75 Å². The van der Waals surface area contributed by atoms with Crippen LogP contribution in [0.25, 0.3) is 0 Å². The second-order valence-electron chi connectivity index (χ2n) is 12.4. The Morgan fingerprint density at radius 3 is 2.52 bits per heavy atom. The van der Waals surface area contributed by atoms with Crippen molar-refractivity contribution in [3.8, 4) is 5.75 Å². The number of sulfonamides is 1. The number of halogens is 3. The molecule has 1 atom stereocenters. The maximum absolute atomic E-state index is 12.1. The standard InChI is InChI=1S/C31H39BrCl2N8O3S/c1-40(2)21-5-4-9-42(18-21)20-6-10-41(11-7-20)28-15-23(33)25(14-24(28)34)37-31-35-17-22(32)30(38-31)36-26-16-29-19(8-12-45-29)13-27(26)39-46(3,43)44/h13-17,20-21,39H,4-12,18H2,1-3H3,(H2,35,36,37,38). The fourth-order valence-electron chi connectivity index (χ4n) is 6.46. The van der Waals surface area contributed by atoms with Crippen molar-refractivity contribution in [3.63, 3.8) is 0 Å². The molecule has 0 spiro atoms. The highest BCUT2D eigenvalue weighted by Crippen LogP contribution is 2.40. The Labute approximate surface area is 289 Å². The van der Waals surface area contributed by atoms with E-state index < -0.39 is 10.0 Å². The van der Waals surface area contributed by atoms with Crippen LogP contribution in [0.15, 0.2) is 34.9 Å². The van der Waals surface area contributed by atoms with Gasteiger partial charge >= 0.3 is 0 Å². The second kappa shape index (κ2) is 13.9. The van der Waals surface area contributed by atoms with Crippen molar-refractivity contribution in [2.75, 3.05) is 73.4 Å². The van der Waals surface area contributed by atoms with Crippen LogP contribution in [0.2, 0.25) is 10.0 Å². The molecule has 0 radical (unpaired) electrons. The van der Waals surface area contributed by atoms with Gasteiger partial charge in [0.25, 0.3) is 0 Å². The first kappa shape index (κ1) is 33.4. The number of likely N-dealkylation sites (N-methyl/N-ethyl adjacent to an activating group) is 1. The zero-order chi connectivity index (χ0) is 32.6. The number of benzene rings is 2. The summed E-state index contributed by atoms with van der Waals surface area (Å²) in [6.45, 7) is 4.70. The fraction of sp³-hybridized carbons (Fsp3) is 0.484. The predicted octanol–water partition coefficient (Wildman–Crippen LogP) is 6.33. The number of likely N-dealkylation sites (tertiary alicyclic amines) is 1. The number of rotatable bonds is 9. The highest BCUT2D eigenvalue weighted by molar-refractivity contribution is 9.10. The average molecular weight is 755 g/mol. The number of nitrogens with zero attached hydrogens (tertiary/aromatic N) is 5. The molecule has 3 N–H and O–H groups in total. The first-order valence-electron chi connectivity index (χ1n) is 15.4. The van der Waals surface area contributed by atoms with Gasteiger partial charge in [0.15, 0.2) is 0 Å². The van der Waals surface area contributed by atoms with Crippen LogP contribution in [0.4, 0.5) is 34.5 Å². The number of hydrogen-bond acceptors (Lipinski definition) is 10. The Kier molecular flexibility index (Phi) is 10.1. The van der Waals surface area contributed by atoms with E-state index >= 15 is 0 Å². The number of aromatic nitrogens is 2. The average Bonchev–Trinajstić information content (AvgIpc) is 3.47. The Morgan fingerprint density at radius 1 is 1.00 bits per heavy atom. The van der Waals surface area contributed by atoms with Crippen molar-refractivity contribution in [2.24, 2.45) is 0 Å². The van der Waals surface area contributed by atoms with Gasteiger partial charge in [-0.25, -0.2) is 13.4 Å². The molecule has 0 saturated carbocycles. The van der Waals surface area contributed by atoms with Gasteiger partial charge in [-0.2, -0.15) is 4.98 Å². The number of ether oxygens (including phenoxy) is 1. The summed E-state index contributed by atoms with van der Waals surface area (Å²) in [6.07, 6.45) is 8.12. The van der Waals surface area contributed by atoms with Crippen molar-refractivity contribution >= 4 is 83.7 Å². The third-order valence-corrected chi connectivity index (χ3v) is 10.7. The Hall–Kier alpha value is -2.55. The third kappa shape index (κ3) is 7.77. The maximum Gasteiger partial charge on any atom is 0.229 e. The number of anilines is 6. The van der Waals surface area contributed by atoms with E-state index in [0.29, 0.717) is 68.3 Å². The van der Waals surface area contributed by atoms with E-state index in [1.165, 1.54) is 19.4 Å². The molecular weight excluding hydrogens is 715 g/mol. The Bertz CT molecular complexity index is 1710. The SMILES string of the molecule is CN(C)C1CCCN(C2CCN(c3cc(Cl)c(Nc4ncc(Br)c(Nc5cc6c(cc5NS(C)(=O)=O)CCO6)n4)cc3Cl)CC2)C1. The normalized spacial score (nSPS) is 19.2. The molecule has 6 rings (SSSR count). The Morgan fingerprint density at radius 2 is 1.78 bits per heavy atom. The van der Waals surface area contributed by atoms with Gasteiger partial charge < -0.3 is 25.2 Å². The highest BCUT2D eigenvalue weighted by Gasteiger charge is 2.30. The molecule has 3 aliphatic rings. The summed E-state index contributed by atoms with van der Waals surface area (Å²) in [5.74, 6) is 1.39. The number of piperidine rings is 2. The molecule has 11 nitrogen and oxygen atoms in total. The lowest BCUT2D eigenvalue weighted by atomic mass is 9.97. The lowest BCUT2D eigenvalue weighted by Crippen LogP contribution is -2.52. The molecule has 248 valence electrons. The van der Waals surface area contributed by atoms with E-state index in [-0.39, 0.29) is 5.95 Å². The fourth-order valence-corrected chi connectivity index (χ4v) is 7.81. The first-order chi connectivity index (χ1) is 21.9. The molecule has 4 heterocycles. The molecule has 0 aliphatic carbocycles. The van der Waals surface area contributed by atoms with E-state index in [1.807, 2.05) is 12.1 Å². The second-order valence-corrected chi connectivity index (χ2v) is 15.8. The van der Waals surface area contributed by atoms with E-state index in [2.05, 4.69) is 70.0 Å². The van der Waals surface area contributed by atoms with Gasteiger partial charge in [-0.05, 0) is 86.0 Å². The van der Waals surface area contributed by atoms with Crippen LogP contribution in [0.1, 0.15) is 31.2 Å². The minimum atomic E-state index is -3.52. The first-order valence-corrected chi connectivity index (χ1v) is 18.9. The topological polar surface area (TPSA) is 115 Å². The van der Waals surface area contributed by atoms with Crippen LogP contribution < -0.4 is 25.0 Å². The molecule has 3 aromatic rings. The quantitative estimate of drug-likeness (QED) is 0.229.